The summed E-state index contributed by atoms with van der Waals surface area (Å²) in [5.74, 6) is -0.728. The smallest absolute Gasteiger partial charge is 0.305 e. The van der Waals surface area contributed by atoms with Crippen molar-refractivity contribution in [3.8, 4) is 0 Å². The molecule has 0 aromatic heterocycles. The minimum Gasteiger partial charge on any atom is -0.481 e. The first-order valence-electron chi connectivity index (χ1n) is 6.79. The van der Waals surface area contributed by atoms with E-state index in [4.69, 9.17) is 5.11 Å². The molecule has 1 heterocycles. The minimum absolute atomic E-state index is 0.198. The summed E-state index contributed by atoms with van der Waals surface area (Å²) < 4.78 is 0. The maximum absolute atomic E-state index is 10.8. The van der Waals surface area contributed by atoms with Crippen molar-refractivity contribution >= 4 is 5.97 Å². The van der Waals surface area contributed by atoms with Gasteiger partial charge in [0.15, 0.2) is 0 Å². The summed E-state index contributed by atoms with van der Waals surface area (Å²) in [7, 11) is 0. The van der Waals surface area contributed by atoms with Crippen LogP contribution in [0.2, 0.25) is 0 Å². The summed E-state index contributed by atoms with van der Waals surface area (Å²) in [4.78, 5) is 13.3. The van der Waals surface area contributed by atoms with Crippen LogP contribution < -0.4 is 10.6 Å². The fraction of sp³-hybridized carbons (Fsp3) is 0.923. The topological polar surface area (TPSA) is 64.6 Å². The molecule has 0 radical (unpaired) electrons. The Morgan fingerprint density at radius 2 is 1.89 bits per heavy atom. The summed E-state index contributed by atoms with van der Waals surface area (Å²) in [6, 6.07) is 1.03. The van der Waals surface area contributed by atoms with E-state index >= 15 is 0 Å². The van der Waals surface area contributed by atoms with E-state index < -0.39 is 5.97 Å². The molecule has 0 spiro atoms. The van der Waals surface area contributed by atoms with Crippen molar-refractivity contribution < 1.29 is 9.90 Å². The molecule has 1 fully saturated rings. The van der Waals surface area contributed by atoms with Crippen molar-refractivity contribution in [2.75, 3.05) is 26.2 Å². The second kappa shape index (κ2) is 6.50. The first kappa shape index (κ1) is 15.4. The third-order valence-electron chi connectivity index (χ3n) is 3.61. The zero-order valence-electron chi connectivity index (χ0n) is 12.0. The lowest BCUT2D eigenvalue weighted by Gasteiger charge is -2.43. The zero-order valence-corrected chi connectivity index (χ0v) is 12.0. The third-order valence-corrected chi connectivity index (χ3v) is 3.61. The Balaban J connectivity index is 2.37. The predicted octanol–water partition coefficient (Wildman–Crippen LogP) is 0.512. The van der Waals surface area contributed by atoms with Gasteiger partial charge in [0, 0.05) is 38.3 Å². The monoisotopic (exact) mass is 257 g/mol. The Labute approximate surface area is 110 Å². The summed E-state index contributed by atoms with van der Waals surface area (Å²) in [5.41, 5.74) is -0.231. The lowest BCUT2D eigenvalue weighted by molar-refractivity contribution is -0.139. The van der Waals surface area contributed by atoms with E-state index in [0.29, 0.717) is 12.1 Å². The highest BCUT2D eigenvalue weighted by Crippen LogP contribution is 2.15. The first-order valence-corrected chi connectivity index (χ1v) is 6.79. The Kier molecular flexibility index (Phi) is 5.56. The van der Waals surface area contributed by atoms with E-state index in [1.807, 2.05) is 0 Å². The maximum atomic E-state index is 10.8. The molecule has 1 aliphatic rings. The Morgan fingerprint density at radius 1 is 1.33 bits per heavy atom. The molecule has 0 amide bonds. The van der Waals surface area contributed by atoms with Gasteiger partial charge in [0.25, 0.3) is 0 Å². The molecular formula is C13H27N3O2. The number of nitrogens with zero attached hydrogens (tertiary/aromatic N) is 1. The molecule has 18 heavy (non-hydrogen) atoms. The number of hydrogen-bond acceptors (Lipinski definition) is 4. The summed E-state index contributed by atoms with van der Waals surface area (Å²) >= 11 is 0. The predicted molar refractivity (Wildman–Crippen MR) is 72.8 cm³/mol. The summed E-state index contributed by atoms with van der Waals surface area (Å²) in [5, 5.41) is 15.5. The number of carboxylic acids is 1. The zero-order chi connectivity index (χ0) is 13.8. The van der Waals surface area contributed by atoms with Gasteiger partial charge in [-0.1, -0.05) is 0 Å². The van der Waals surface area contributed by atoms with Gasteiger partial charge in [-0.25, -0.2) is 0 Å². The van der Waals surface area contributed by atoms with Gasteiger partial charge in [0.2, 0.25) is 0 Å². The molecule has 5 nitrogen and oxygen atoms in total. The molecule has 1 aliphatic heterocycles. The van der Waals surface area contributed by atoms with Crippen LogP contribution in [0, 0.1) is 0 Å². The van der Waals surface area contributed by atoms with Gasteiger partial charge in [-0.15, -0.1) is 0 Å². The van der Waals surface area contributed by atoms with Crippen LogP contribution in [0.4, 0.5) is 0 Å². The fourth-order valence-electron chi connectivity index (χ4n) is 2.59. The van der Waals surface area contributed by atoms with Crippen LogP contribution in [0.15, 0.2) is 0 Å². The highest BCUT2D eigenvalue weighted by molar-refractivity contribution is 5.68. The second-order valence-corrected chi connectivity index (χ2v) is 5.81. The van der Waals surface area contributed by atoms with Gasteiger partial charge < -0.3 is 15.7 Å². The fourth-order valence-corrected chi connectivity index (χ4v) is 2.59. The average molecular weight is 257 g/mol. The molecular weight excluding hydrogens is 230 g/mol. The standard InChI is InChI=1S/C13H27N3O2/c1-10(2)16(11(3)4)6-5-15-13(7-12(17)18)8-14-9-13/h10-11,14-15H,5-9H2,1-4H3,(H,17,18). The van der Waals surface area contributed by atoms with E-state index in [2.05, 4.69) is 43.2 Å². The summed E-state index contributed by atoms with van der Waals surface area (Å²) in [6.07, 6.45) is 0.198. The molecule has 0 saturated carbocycles. The molecule has 1 rings (SSSR count). The average Bonchev–Trinajstić information content (AvgIpc) is 2.18. The number of nitrogens with one attached hydrogen (secondary N) is 2. The number of hydrogen-bond donors (Lipinski definition) is 3. The minimum atomic E-state index is -0.728. The number of aliphatic carboxylic acids is 1. The normalized spacial score (nSPS) is 18.4. The van der Waals surface area contributed by atoms with E-state index in [-0.39, 0.29) is 12.0 Å². The van der Waals surface area contributed by atoms with E-state index in [9.17, 15) is 4.79 Å². The summed E-state index contributed by atoms with van der Waals surface area (Å²) in [6.45, 7) is 12.1. The SMILES string of the molecule is CC(C)N(CCNC1(CC(=O)O)CNC1)C(C)C. The van der Waals surface area contributed by atoms with Gasteiger partial charge in [-0.2, -0.15) is 0 Å². The van der Waals surface area contributed by atoms with Crippen LogP contribution in [0.1, 0.15) is 34.1 Å². The molecule has 0 unspecified atom stereocenters. The molecule has 5 heteroatoms. The molecule has 0 aliphatic carbocycles. The van der Waals surface area contributed by atoms with Gasteiger partial charge >= 0.3 is 5.97 Å². The van der Waals surface area contributed by atoms with Crippen LogP contribution >= 0.6 is 0 Å². The van der Waals surface area contributed by atoms with Crippen molar-refractivity contribution in [3.63, 3.8) is 0 Å². The van der Waals surface area contributed by atoms with Crippen LogP contribution in [-0.4, -0.2) is 59.8 Å². The van der Waals surface area contributed by atoms with E-state index in [0.717, 1.165) is 26.2 Å². The molecule has 0 bridgehead atoms. The Hall–Kier alpha value is -0.650. The van der Waals surface area contributed by atoms with Crippen molar-refractivity contribution in [1.82, 2.24) is 15.5 Å². The van der Waals surface area contributed by atoms with E-state index in [1.165, 1.54) is 0 Å². The van der Waals surface area contributed by atoms with Crippen molar-refractivity contribution in [2.24, 2.45) is 0 Å². The van der Waals surface area contributed by atoms with Crippen molar-refractivity contribution in [1.29, 1.82) is 0 Å². The van der Waals surface area contributed by atoms with Crippen molar-refractivity contribution in [2.45, 2.75) is 51.7 Å². The molecule has 0 aromatic carbocycles. The van der Waals surface area contributed by atoms with Gasteiger partial charge in [0.1, 0.15) is 0 Å². The second-order valence-electron chi connectivity index (χ2n) is 5.81. The van der Waals surface area contributed by atoms with E-state index in [1.54, 1.807) is 0 Å². The van der Waals surface area contributed by atoms with Gasteiger partial charge in [-0.05, 0) is 27.7 Å². The first-order chi connectivity index (χ1) is 8.36. The lowest BCUT2D eigenvalue weighted by atomic mass is 9.88. The van der Waals surface area contributed by atoms with Crippen LogP contribution in [-0.2, 0) is 4.79 Å². The van der Waals surface area contributed by atoms with Crippen molar-refractivity contribution in [3.05, 3.63) is 0 Å². The van der Waals surface area contributed by atoms with Crippen LogP contribution in [0.25, 0.3) is 0 Å². The molecule has 106 valence electrons. The number of carbonyl (C=O) groups is 1. The molecule has 0 atom stereocenters. The van der Waals surface area contributed by atoms with Crippen LogP contribution in [0.5, 0.6) is 0 Å². The highest BCUT2D eigenvalue weighted by Gasteiger charge is 2.38. The third kappa shape index (κ3) is 4.23. The Bertz CT molecular complexity index is 267. The highest BCUT2D eigenvalue weighted by atomic mass is 16.4. The maximum Gasteiger partial charge on any atom is 0.305 e. The largest absolute Gasteiger partial charge is 0.481 e. The number of rotatable bonds is 8. The molecule has 1 saturated heterocycles. The van der Waals surface area contributed by atoms with Gasteiger partial charge in [0.05, 0.1) is 12.0 Å². The Morgan fingerprint density at radius 3 is 2.22 bits per heavy atom. The van der Waals surface area contributed by atoms with Crippen LogP contribution in [0.3, 0.4) is 0 Å². The lowest BCUT2D eigenvalue weighted by Crippen LogP contribution is -2.69. The van der Waals surface area contributed by atoms with Gasteiger partial charge in [-0.3, -0.25) is 9.69 Å². The molecule has 0 aromatic rings. The quantitative estimate of drug-likeness (QED) is 0.591. The molecule has 3 N–H and O–H groups in total. The number of carboxylic acid groups (broad SMARTS) is 1.